The lowest BCUT2D eigenvalue weighted by Gasteiger charge is -2.23. The van der Waals surface area contributed by atoms with Crippen LogP contribution in [0.15, 0.2) is 12.2 Å². The van der Waals surface area contributed by atoms with Crippen molar-refractivity contribution in [2.45, 2.75) is 78.4 Å². The van der Waals surface area contributed by atoms with Gasteiger partial charge in [0, 0.05) is 7.11 Å². The Labute approximate surface area is 222 Å². The number of rotatable bonds is 9. The smallest absolute Gasteiger partial charge is 0.270 e. The summed E-state index contributed by atoms with van der Waals surface area (Å²) in [6.45, 7) is 7.67. The zero-order chi connectivity index (χ0) is 29.1. The molecule has 2 saturated heterocycles. The van der Waals surface area contributed by atoms with Crippen molar-refractivity contribution in [1.29, 1.82) is 0 Å². The first-order valence-electron chi connectivity index (χ1n) is 11.2. The van der Waals surface area contributed by atoms with Gasteiger partial charge in [-0.3, -0.25) is 17.5 Å². The molecule has 0 aromatic heterocycles. The first kappa shape index (κ1) is 43.4. The summed E-state index contributed by atoms with van der Waals surface area (Å²) in [5.41, 5.74) is 0. The van der Waals surface area contributed by atoms with Gasteiger partial charge in [0.1, 0.15) is 11.5 Å². The third kappa shape index (κ3) is 31.4. The van der Waals surface area contributed by atoms with E-state index in [2.05, 4.69) is 8.37 Å². The maximum atomic E-state index is 10.2. The van der Waals surface area contributed by atoms with Crippen LogP contribution in [0.1, 0.15) is 66.2 Å². The molecule has 0 aromatic carbocycles. The maximum Gasteiger partial charge on any atom is 0.270 e. The molecule has 2 unspecified atom stereocenters. The number of hydrogen-bond acceptors (Lipinski definition) is 11. The molecule has 0 amide bonds. The summed E-state index contributed by atoms with van der Waals surface area (Å²) in [5.74, 6) is 0.0503. The van der Waals surface area contributed by atoms with E-state index in [4.69, 9.17) is 14.2 Å². The van der Waals surface area contributed by atoms with E-state index in [1.54, 1.807) is 6.08 Å². The second-order valence-corrected chi connectivity index (χ2v) is 13.7. The Morgan fingerprint density at radius 2 is 1.14 bits per heavy atom. The molecular formula is C19H44O14S4. The monoisotopic (exact) mass is 624 g/mol. The standard InChI is InChI=1S/C5H12O3S.C5H10O3S.2C4H8O3S.CH4O.H2O/c2*1-2-3-4-5-9(6,7)8;2*1-2-4-3-8(5,6)7-4;1-2;/h2-5H2,1H3,(H,6,7,8);3-4H,2,5H2,1H3,(H,6,7,8);2*4H,2-3H2,1H3;2H,1H3;1H2/b;4-3+;;;;. The minimum atomic E-state index is -3.78. The summed E-state index contributed by atoms with van der Waals surface area (Å²) in [5, 5.41) is 7.00. The summed E-state index contributed by atoms with van der Waals surface area (Å²) in [6, 6.07) is 0. The molecule has 2 atom stereocenters. The van der Waals surface area contributed by atoms with Gasteiger partial charge in [-0.2, -0.15) is 33.7 Å². The lowest BCUT2D eigenvalue weighted by molar-refractivity contribution is 0.175. The van der Waals surface area contributed by atoms with Crippen LogP contribution in [0.4, 0.5) is 0 Å². The Morgan fingerprint density at radius 3 is 1.32 bits per heavy atom. The summed E-state index contributed by atoms with van der Waals surface area (Å²) >= 11 is 0. The molecule has 2 rings (SSSR count). The predicted molar refractivity (Wildman–Crippen MR) is 141 cm³/mol. The van der Waals surface area contributed by atoms with Crippen LogP contribution in [-0.4, -0.2) is 95.7 Å². The third-order valence-electron chi connectivity index (χ3n) is 3.97. The zero-order valence-electron chi connectivity index (χ0n) is 21.9. The van der Waals surface area contributed by atoms with Crippen LogP contribution in [0.25, 0.3) is 0 Å². The molecule has 2 aliphatic heterocycles. The maximum absolute atomic E-state index is 10.2. The van der Waals surface area contributed by atoms with Crippen molar-refractivity contribution in [1.82, 2.24) is 0 Å². The summed E-state index contributed by atoms with van der Waals surface area (Å²) in [7, 11) is -12.6. The van der Waals surface area contributed by atoms with Crippen molar-refractivity contribution in [2.24, 2.45) is 0 Å². The van der Waals surface area contributed by atoms with Gasteiger partial charge in [-0.1, -0.05) is 52.7 Å². The molecular weight excluding hydrogens is 580 g/mol. The minimum Gasteiger partial charge on any atom is -0.412 e. The number of allylic oxidation sites excluding steroid dienone is 1. The Balaban J connectivity index is -0.000000190. The average molecular weight is 625 g/mol. The normalized spacial score (nSPS) is 20.8. The van der Waals surface area contributed by atoms with E-state index in [0.717, 1.165) is 39.2 Å². The van der Waals surface area contributed by atoms with Crippen LogP contribution in [0, 0.1) is 0 Å². The molecule has 37 heavy (non-hydrogen) atoms. The van der Waals surface area contributed by atoms with E-state index in [1.807, 2.05) is 27.7 Å². The van der Waals surface area contributed by atoms with Gasteiger partial charge in [-0.25, -0.2) is 0 Å². The molecule has 0 saturated carbocycles. The lowest BCUT2D eigenvalue weighted by atomic mass is 10.3. The summed E-state index contributed by atoms with van der Waals surface area (Å²) in [4.78, 5) is 0. The Hall–Kier alpha value is -0.700. The summed E-state index contributed by atoms with van der Waals surface area (Å²) < 4.78 is 106. The van der Waals surface area contributed by atoms with Gasteiger partial charge in [0.05, 0.1) is 23.7 Å². The fraction of sp³-hybridized carbons (Fsp3) is 0.895. The zero-order valence-corrected chi connectivity index (χ0v) is 25.2. The molecule has 18 heteroatoms. The minimum absolute atomic E-state index is 0. The van der Waals surface area contributed by atoms with Gasteiger partial charge in [0.25, 0.3) is 40.5 Å². The quantitative estimate of drug-likeness (QED) is 0.140. The van der Waals surface area contributed by atoms with Crippen LogP contribution < -0.4 is 0 Å². The van der Waals surface area contributed by atoms with Crippen molar-refractivity contribution in [3.63, 3.8) is 0 Å². The van der Waals surface area contributed by atoms with Crippen molar-refractivity contribution >= 4 is 40.5 Å². The van der Waals surface area contributed by atoms with Gasteiger partial charge in [0.15, 0.2) is 0 Å². The van der Waals surface area contributed by atoms with Crippen molar-refractivity contribution in [3.8, 4) is 0 Å². The lowest BCUT2D eigenvalue weighted by Crippen LogP contribution is -2.37. The number of unbranched alkanes of at least 4 members (excludes halogenated alkanes) is 2. The second-order valence-electron chi connectivity index (χ2n) is 7.32. The van der Waals surface area contributed by atoms with E-state index in [0.29, 0.717) is 6.42 Å². The van der Waals surface area contributed by atoms with Gasteiger partial charge in [-0.15, -0.1) is 0 Å². The fourth-order valence-electron chi connectivity index (χ4n) is 2.12. The topological polar surface area (TPSA) is 247 Å². The molecule has 2 aliphatic rings. The second kappa shape index (κ2) is 22.2. The van der Waals surface area contributed by atoms with E-state index < -0.39 is 40.5 Å². The van der Waals surface area contributed by atoms with Crippen molar-refractivity contribution < 1.29 is 61.7 Å². The average Bonchev–Trinajstić information content (AvgIpc) is 2.71. The number of aliphatic hydroxyl groups excluding tert-OH is 1. The van der Waals surface area contributed by atoms with Crippen LogP contribution in [0.2, 0.25) is 0 Å². The molecule has 228 valence electrons. The van der Waals surface area contributed by atoms with Crippen molar-refractivity contribution in [3.05, 3.63) is 12.2 Å². The highest BCUT2D eigenvalue weighted by Gasteiger charge is 2.33. The van der Waals surface area contributed by atoms with Crippen LogP contribution >= 0.6 is 0 Å². The van der Waals surface area contributed by atoms with Gasteiger partial charge in [-0.05, 0) is 25.7 Å². The highest BCUT2D eigenvalue weighted by Crippen LogP contribution is 2.18. The van der Waals surface area contributed by atoms with Gasteiger partial charge >= 0.3 is 0 Å². The molecule has 0 spiro atoms. The molecule has 0 radical (unpaired) electrons. The predicted octanol–water partition coefficient (Wildman–Crippen LogP) is 0.939. The first-order valence-corrected chi connectivity index (χ1v) is 17.6. The Bertz CT molecular complexity index is 935. The van der Waals surface area contributed by atoms with Crippen LogP contribution in [0.5, 0.6) is 0 Å². The SMILES string of the molecule is CC/C=C/CS(=O)(=O)O.CCC1CS(=O)(=O)O1.CCC1CS(=O)(=O)O1.CCCCCS(=O)(=O)O.CO.O. The highest BCUT2D eigenvalue weighted by atomic mass is 32.2. The van der Waals surface area contributed by atoms with Gasteiger partial charge < -0.3 is 10.6 Å². The molecule has 14 nitrogen and oxygen atoms in total. The Morgan fingerprint density at radius 1 is 0.757 bits per heavy atom. The molecule has 2 fully saturated rings. The molecule has 0 bridgehead atoms. The van der Waals surface area contributed by atoms with Gasteiger partial charge in [0.2, 0.25) is 0 Å². The number of aliphatic hydroxyl groups is 1. The fourth-order valence-corrected chi connectivity index (χ4v) is 5.52. The van der Waals surface area contributed by atoms with Crippen LogP contribution in [-0.2, 0) is 48.8 Å². The van der Waals surface area contributed by atoms with E-state index >= 15 is 0 Å². The summed E-state index contributed by atoms with van der Waals surface area (Å²) in [6.07, 6.45) is 7.82. The van der Waals surface area contributed by atoms with Crippen LogP contribution in [0.3, 0.4) is 0 Å². The molecule has 0 aromatic rings. The largest absolute Gasteiger partial charge is 0.412 e. The van der Waals surface area contributed by atoms with E-state index in [-0.39, 0.29) is 40.7 Å². The van der Waals surface area contributed by atoms with Crippen molar-refractivity contribution in [2.75, 3.05) is 30.1 Å². The number of hydrogen-bond donors (Lipinski definition) is 3. The molecule has 2 heterocycles. The third-order valence-corrected chi connectivity index (χ3v) is 8.08. The molecule has 0 aliphatic carbocycles. The van der Waals surface area contributed by atoms with E-state index in [9.17, 15) is 33.7 Å². The highest BCUT2D eigenvalue weighted by molar-refractivity contribution is 7.88. The molecule has 5 N–H and O–H groups in total. The Kier molecular flexibility index (Phi) is 26.0. The van der Waals surface area contributed by atoms with E-state index in [1.165, 1.54) is 6.08 Å². The first-order chi connectivity index (χ1) is 16.4.